The minimum Gasteiger partial charge on any atom is -0.477 e. The number of rotatable bonds is 6. The second kappa shape index (κ2) is 8.67. The van der Waals surface area contributed by atoms with Gasteiger partial charge in [0.25, 0.3) is 0 Å². The van der Waals surface area contributed by atoms with Gasteiger partial charge in [-0.2, -0.15) is 5.26 Å². The van der Waals surface area contributed by atoms with Gasteiger partial charge in [-0.15, -0.1) is 0 Å². The van der Waals surface area contributed by atoms with Gasteiger partial charge in [-0.05, 0) is 52.0 Å². The van der Waals surface area contributed by atoms with E-state index in [1.165, 1.54) is 12.8 Å². The van der Waals surface area contributed by atoms with E-state index in [0.29, 0.717) is 26.2 Å². The molecule has 3 fully saturated rings. The lowest BCUT2D eigenvalue weighted by molar-refractivity contribution is -0.129. The van der Waals surface area contributed by atoms with E-state index >= 15 is 0 Å². The molecule has 2 heterocycles. The number of nitriles is 1. The average molecular weight is 441 g/mol. The molecule has 1 spiro atoms. The summed E-state index contributed by atoms with van der Waals surface area (Å²) >= 11 is 0. The molecular weight excluding hydrogens is 412 g/mol. The molecule has 1 saturated heterocycles. The Hall–Kier alpha value is -2.32. The summed E-state index contributed by atoms with van der Waals surface area (Å²) < 4.78 is 25.1. The van der Waals surface area contributed by atoms with Gasteiger partial charge in [-0.25, -0.2) is 13.6 Å². The van der Waals surface area contributed by atoms with E-state index in [1.54, 1.807) is 0 Å². The van der Waals surface area contributed by atoms with Crippen LogP contribution in [0, 0.1) is 11.3 Å². The quantitative estimate of drug-likeness (QED) is 0.565. The topological polar surface area (TPSA) is 141 Å². The first-order valence-corrected chi connectivity index (χ1v) is 10.6. The molecule has 4 aliphatic rings. The van der Waals surface area contributed by atoms with Crippen molar-refractivity contribution in [1.82, 2.24) is 10.2 Å². The first-order valence-electron chi connectivity index (χ1n) is 10.6. The molecule has 0 bridgehead atoms. The number of carboxylic acids is 1. The number of alkyl halides is 2. The van der Waals surface area contributed by atoms with Crippen LogP contribution in [0.25, 0.3) is 0 Å². The van der Waals surface area contributed by atoms with Crippen LogP contribution in [0.15, 0.2) is 5.16 Å². The van der Waals surface area contributed by atoms with Gasteiger partial charge in [-0.3, -0.25) is 9.69 Å². The van der Waals surface area contributed by atoms with E-state index in [4.69, 9.17) is 20.9 Å². The van der Waals surface area contributed by atoms with Crippen LogP contribution in [0.5, 0.6) is 0 Å². The minimum atomic E-state index is -2.97. The number of piperidine rings is 1. The molecule has 0 aromatic carbocycles. The highest BCUT2D eigenvalue weighted by atomic mass is 19.3. The number of carbonyl (C=O) groups is 2. The Bertz CT molecular complexity index is 785. The van der Waals surface area contributed by atoms with Crippen molar-refractivity contribution in [3.8, 4) is 6.07 Å². The Labute approximate surface area is 179 Å². The molecule has 4 N–H and O–H groups in total. The molecular formula is C20H29F2N5O4. The fourth-order valence-corrected chi connectivity index (χ4v) is 3.94. The Kier molecular flexibility index (Phi) is 6.53. The molecule has 0 aromatic heterocycles. The van der Waals surface area contributed by atoms with Gasteiger partial charge >= 0.3 is 5.97 Å². The van der Waals surface area contributed by atoms with E-state index in [9.17, 15) is 18.4 Å². The number of carboxylic acid groups (broad SMARTS) is 1. The van der Waals surface area contributed by atoms with E-state index in [-0.39, 0.29) is 11.3 Å². The second-order valence-corrected chi connectivity index (χ2v) is 9.16. The van der Waals surface area contributed by atoms with Gasteiger partial charge < -0.3 is 21.0 Å². The summed E-state index contributed by atoms with van der Waals surface area (Å²) in [7, 11) is 0. The molecule has 2 saturated carbocycles. The first kappa shape index (κ1) is 23.3. The lowest BCUT2D eigenvalue weighted by Gasteiger charge is -2.38. The monoisotopic (exact) mass is 441 g/mol. The van der Waals surface area contributed by atoms with Gasteiger partial charge in [-0.1, -0.05) is 5.16 Å². The van der Waals surface area contributed by atoms with Crippen LogP contribution < -0.4 is 11.1 Å². The number of oxime groups is 1. The number of nitrogens with one attached hydrogen (secondary N) is 1. The number of hydrogen-bond acceptors (Lipinski definition) is 7. The fourth-order valence-electron chi connectivity index (χ4n) is 3.94. The zero-order chi connectivity index (χ0) is 22.9. The van der Waals surface area contributed by atoms with Crippen molar-refractivity contribution in [2.45, 2.75) is 87.4 Å². The molecule has 2 atom stereocenters. The van der Waals surface area contributed by atoms with Crippen molar-refractivity contribution in [3.05, 3.63) is 0 Å². The average Bonchev–Trinajstić information content (AvgIpc) is 3.61. The maximum absolute atomic E-state index is 12.5. The molecule has 172 valence electrons. The molecule has 2 aliphatic heterocycles. The Morgan fingerprint density at radius 3 is 2.61 bits per heavy atom. The Balaban J connectivity index is 0.000000176. The summed E-state index contributed by atoms with van der Waals surface area (Å²) in [6.45, 7) is 2.67. The maximum atomic E-state index is 12.5. The number of halogens is 2. The predicted octanol–water partition coefficient (Wildman–Crippen LogP) is 1.38. The van der Waals surface area contributed by atoms with Crippen LogP contribution >= 0.6 is 0 Å². The summed E-state index contributed by atoms with van der Waals surface area (Å²) in [5.41, 5.74) is 4.28. The summed E-state index contributed by atoms with van der Waals surface area (Å²) in [5, 5.41) is 23.7. The maximum Gasteiger partial charge on any atom is 0.353 e. The number of amides is 1. The third kappa shape index (κ3) is 6.33. The van der Waals surface area contributed by atoms with E-state index in [2.05, 4.69) is 15.4 Å². The third-order valence-electron chi connectivity index (χ3n) is 5.96. The Morgan fingerprint density at radius 1 is 1.45 bits per heavy atom. The van der Waals surface area contributed by atoms with Gasteiger partial charge in [0.05, 0.1) is 12.1 Å². The lowest BCUT2D eigenvalue weighted by atomic mass is 9.88. The van der Waals surface area contributed by atoms with Crippen LogP contribution in [0.2, 0.25) is 0 Å². The van der Waals surface area contributed by atoms with Crippen molar-refractivity contribution in [3.63, 3.8) is 0 Å². The van der Waals surface area contributed by atoms with Gasteiger partial charge in [0.1, 0.15) is 5.54 Å². The normalized spacial score (nSPS) is 27.8. The molecule has 0 aromatic rings. The number of nitrogens with two attached hydrogens (primary N) is 1. The highest BCUT2D eigenvalue weighted by Gasteiger charge is 2.47. The zero-order valence-corrected chi connectivity index (χ0v) is 17.6. The molecule has 0 radical (unpaired) electrons. The number of carbonyl (C=O) groups excluding carboxylic acids is 1. The third-order valence-corrected chi connectivity index (χ3v) is 5.96. The van der Waals surface area contributed by atoms with Crippen LogP contribution in [-0.4, -0.2) is 69.8 Å². The van der Waals surface area contributed by atoms with E-state index < -0.39 is 35.8 Å². The number of hydrogen-bond donors (Lipinski definition) is 3. The molecule has 1 unspecified atom stereocenters. The number of nitrogens with zero attached hydrogens (tertiary/aromatic N) is 3. The second-order valence-electron chi connectivity index (χ2n) is 9.16. The fraction of sp³-hybridized carbons (Fsp3) is 0.800. The highest BCUT2D eigenvalue weighted by molar-refractivity contribution is 6.36. The molecule has 2 aliphatic carbocycles. The summed E-state index contributed by atoms with van der Waals surface area (Å²) in [6, 6.07) is 1.38. The van der Waals surface area contributed by atoms with Crippen LogP contribution in [-0.2, 0) is 14.4 Å². The molecule has 11 heteroatoms. The zero-order valence-electron chi connectivity index (χ0n) is 17.6. The molecule has 9 nitrogen and oxygen atoms in total. The van der Waals surface area contributed by atoms with Gasteiger partial charge in [0.2, 0.25) is 11.8 Å². The largest absolute Gasteiger partial charge is 0.477 e. The standard InChI is InChI=1S/C11H16N2O3.C9H13F2N3O/c14-10(15)9-6-11(16-12-9)4-1-5-13(7-11)8-2-3-8;1-8(10,11)4-6(13)7(15)14-9(5-12)2-3-9/h8H,1-7H2,(H,14,15);6H,2-4,13H2,1H3,(H,14,15)/t;6-/m.0/s1. The van der Waals surface area contributed by atoms with Crippen LogP contribution in [0.4, 0.5) is 8.78 Å². The summed E-state index contributed by atoms with van der Waals surface area (Å²) in [6.07, 6.45) is 5.45. The summed E-state index contributed by atoms with van der Waals surface area (Å²) in [5.74, 6) is -4.60. The SMILES string of the molecule is CC(F)(F)C[C@H](N)C(=O)NC1(C#N)CC1.O=C(O)C1=NOC2(CCCN(C3CC3)C2)C1. The van der Waals surface area contributed by atoms with Crippen LogP contribution in [0.3, 0.4) is 0 Å². The van der Waals surface area contributed by atoms with Crippen LogP contribution in [0.1, 0.15) is 58.3 Å². The summed E-state index contributed by atoms with van der Waals surface area (Å²) in [4.78, 5) is 30.0. The van der Waals surface area contributed by atoms with Gasteiger partial charge in [0, 0.05) is 25.4 Å². The van der Waals surface area contributed by atoms with Crippen molar-refractivity contribution in [2.24, 2.45) is 10.9 Å². The van der Waals surface area contributed by atoms with Crippen molar-refractivity contribution >= 4 is 17.6 Å². The molecule has 4 rings (SSSR count). The predicted molar refractivity (Wildman–Crippen MR) is 106 cm³/mol. The van der Waals surface area contributed by atoms with Gasteiger partial charge in [0.15, 0.2) is 11.3 Å². The number of aliphatic carboxylic acids is 1. The Morgan fingerprint density at radius 2 is 2.13 bits per heavy atom. The minimum absolute atomic E-state index is 0.178. The molecule has 1 amide bonds. The van der Waals surface area contributed by atoms with E-state index in [0.717, 1.165) is 32.0 Å². The van der Waals surface area contributed by atoms with Crippen molar-refractivity contribution in [2.75, 3.05) is 13.1 Å². The molecule has 31 heavy (non-hydrogen) atoms. The number of likely N-dealkylation sites (tertiary alicyclic amines) is 1. The highest BCUT2D eigenvalue weighted by Crippen LogP contribution is 2.38. The van der Waals surface area contributed by atoms with Crippen molar-refractivity contribution in [1.29, 1.82) is 5.26 Å². The first-order chi connectivity index (χ1) is 14.5. The lowest BCUT2D eigenvalue weighted by Crippen LogP contribution is -2.49. The van der Waals surface area contributed by atoms with E-state index in [1.807, 2.05) is 6.07 Å². The smallest absolute Gasteiger partial charge is 0.353 e. The van der Waals surface area contributed by atoms with Crippen molar-refractivity contribution < 1.29 is 28.3 Å².